The molecule has 22 heavy (non-hydrogen) atoms. The third-order valence-electron chi connectivity index (χ3n) is 3.86. The van der Waals surface area contributed by atoms with E-state index in [0.29, 0.717) is 18.9 Å². The van der Waals surface area contributed by atoms with E-state index in [2.05, 4.69) is 17.6 Å². The van der Waals surface area contributed by atoms with E-state index in [0.717, 1.165) is 30.9 Å². The third kappa shape index (κ3) is 5.06. The molecule has 0 radical (unpaired) electrons. The predicted octanol–water partition coefficient (Wildman–Crippen LogP) is 2.71. The van der Waals surface area contributed by atoms with Gasteiger partial charge in [-0.15, -0.1) is 0 Å². The molecule has 1 aliphatic heterocycles. The van der Waals surface area contributed by atoms with Crippen LogP contribution < -0.4 is 10.6 Å². The van der Waals surface area contributed by atoms with Crippen molar-refractivity contribution in [3.8, 4) is 0 Å². The van der Waals surface area contributed by atoms with Gasteiger partial charge in [-0.1, -0.05) is 13.0 Å². The number of carbonyl (C=O) groups excluding carboxylic acids is 2. The Morgan fingerprint density at radius 1 is 1.32 bits per heavy atom. The summed E-state index contributed by atoms with van der Waals surface area (Å²) in [7, 11) is 0. The number of hydrogen-bond donors (Lipinski definition) is 2. The highest BCUT2D eigenvalue weighted by atomic mass is 16.2. The van der Waals surface area contributed by atoms with Crippen molar-refractivity contribution < 1.29 is 9.59 Å². The molecule has 1 atom stereocenters. The molecule has 1 fully saturated rings. The van der Waals surface area contributed by atoms with Crippen LogP contribution in [-0.4, -0.2) is 36.3 Å². The van der Waals surface area contributed by atoms with Gasteiger partial charge in [-0.2, -0.15) is 0 Å². The lowest BCUT2D eigenvalue weighted by molar-refractivity contribution is -0.132. The van der Waals surface area contributed by atoms with Crippen LogP contribution in [0.25, 0.3) is 0 Å². The van der Waals surface area contributed by atoms with Gasteiger partial charge in [0.05, 0.1) is 0 Å². The summed E-state index contributed by atoms with van der Waals surface area (Å²) in [6.07, 6.45) is 2.83. The summed E-state index contributed by atoms with van der Waals surface area (Å²) < 4.78 is 0. The number of amides is 2. The van der Waals surface area contributed by atoms with E-state index in [9.17, 15) is 9.59 Å². The molecule has 120 valence electrons. The molecule has 5 heteroatoms. The van der Waals surface area contributed by atoms with Crippen LogP contribution in [0.1, 0.15) is 33.1 Å². The Labute approximate surface area is 132 Å². The molecule has 1 aliphatic rings. The van der Waals surface area contributed by atoms with Crippen molar-refractivity contribution in [1.29, 1.82) is 0 Å². The molecular formula is C17H25N3O2. The Balaban J connectivity index is 1.78. The molecule has 0 aliphatic carbocycles. The van der Waals surface area contributed by atoms with Crippen molar-refractivity contribution in [2.75, 3.05) is 30.3 Å². The van der Waals surface area contributed by atoms with Crippen LogP contribution in [-0.2, 0) is 9.59 Å². The summed E-state index contributed by atoms with van der Waals surface area (Å²) >= 11 is 0. The smallest absolute Gasteiger partial charge is 0.224 e. The van der Waals surface area contributed by atoms with E-state index in [4.69, 9.17) is 0 Å². The highest BCUT2D eigenvalue weighted by Crippen LogP contribution is 2.17. The summed E-state index contributed by atoms with van der Waals surface area (Å²) in [5.74, 6) is 0.739. The van der Waals surface area contributed by atoms with Crippen molar-refractivity contribution >= 4 is 23.2 Å². The average molecular weight is 303 g/mol. The maximum Gasteiger partial charge on any atom is 0.224 e. The van der Waals surface area contributed by atoms with Crippen molar-refractivity contribution in [3.05, 3.63) is 24.3 Å². The van der Waals surface area contributed by atoms with E-state index in [1.54, 1.807) is 0 Å². The summed E-state index contributed by atoms with van der Waals surface area (Å²) in [6.45, 7) is 6.06. The van der Waals surface area contributed by atoms with Gasteiger partial charge in [-0.3, -0.25) is 9.59 Å². The molecule has 2 amide bonds. The van der Waals surface area contributed by atoms with Gasteiger partial charge in [0.2, 0.25) is 11.8 Å². The van der Waals surface area contributed by atoms with E-state index in [-0.39, 0.29) is 11.8 Å². The summed E-state index contributed by atoms with van der Waals surface area (Å²) in [5, 5.41) is 5.99. The molecular weight excluding hydrogens is 278 g/mol. The predicted molar refractivity (Wildman–Crippen MR) is 88.8 cm³/mol. The Hall–Kier alpha value is -2.04. The first-order valence-electron chi connectivity index (χ1n) is 7.94. The van der Waals surface area contributed by atoms with Gasteiger partial charge in [-0.05, 0) is 37.0 Å². The molecule has 2 N–H and O–H groups in total. The zero-order chi connectivity index (χ0) is 15.9. The third-order valence-corrected chi connectivity index (χ3v) is 3.86. The second-order valence-corrected chi connectivity index (χ2v) is 6.03. The van der Waals surface area contributed by atoms with Crippen LogP contribution >= 0.6 is 0 Å². The summed E-state index contributed by atoms with van der Waals surface area (Å²) in [4.78, 5) is 25.2. The van der Waals surface area contributed by atoms with Crippen LogP contribution in [0.15, 0.2) is 24.3 Å². The van der Waals surface area contributed by atoms with Crippen molar-refractivity contribution in [3.63, 3.8) is 0 Å². The lowest BCUT2D eigenvalue weighted by Crippen LogP contribution is -2.39. The molecule has 1 heterocycles. The quantitative estimate of drug-likeness (QED) is 0.879. The molecule has 1 unspecified atom stereocenters. The fourth-order valence-corrected chi connectivity index (χ4v) is 2.80. The van der Waals surface area contributed by atoms with Gasteiger partial charge >= 0.3 is 0 Å². The number of benzene rings is 1. The Bertz CT molecular complexity index is 530. The van der Waals surface area contributed by atoms with Crippen LogP contribution in [0.2, 0.25) is 0 Å². The number of likely N-dealkylation sites (tertiary alicyclic amines) is 1. The lowest BCUT2D eigenvalue weighted by atomic mass is 10.00. The van der Waals surface area contributed by atoms with Gasteiger partial charge in [0, 0.05) is 44.4 Å². The zero-order valence-corrected chi connectivity index (χ0v) is 13.4. The minimum Gasteiger partial charge on any atom is -0.384 e. The molecule has 0 aromatic heterocycles. The Kier molecular flexibility index (Phi) is 5.81. The first kappa shape index (κ1) is 16.3. The largest absolute Gasteiger partial charge is 0.384 e. The second-order valence-electron chi connectivity index (χ2n) is 6.03. The molecule has 1 aromatic rings. The van der Waals surface area contributed by atoms with Gasteiger partial charge in [0.25, 0.3) is 0 Å². The number of anilines is 2. The highest BCUT2D eigenvalue weighted by Gasteiger charge is 2.20. The van der Waals surface area contributed by atoms with Crippen LogP contribution in [0.5, 0.6) is 0 Å². The second kappa shape index (κ2) is 7.82. The van der Waals surface area contributed by atoms with Gasteiger partial charge in [-0.25, -0.2) is 0 Å². The maximum atomic E-state index is 12.2. The van der Waals surface area contributed by atoms with Crippen molar-refractivity contribution in [1.82, 2.24) is 4.90 Å². The van der Waals surface area contributed by atoms with Crippen molar-refractivity contribution in [2.45, 2.75) is 33.1 Å². The number of piperidine rings is 1. The number of nitrogens with zero attached hydrogens (tertiary/aromatic N) is 1. The van der Waals surface area contributed by atoms with Crippen molar-refractivity contribution in [2.24, 2.45) is 5.92 Å². The van der Waals surface area contributed by atoms with Gasteiger partial charge in [0.15, 0.2) is 0 Å². The lowest BCUT2D eigenvalue weighted by Gasteiger charge is -2.31. The molecule has 0 bridgehead atoms. The highest BCUT2D eigenvalue weighted by molar-refractivity contribution is 5.89. The molecule has 1 aromatic carbocycles. The fraction of sp³-hybridized carbons (Fsp3) is 0.529. The summed E-state index contributed by atoms with van der Waals surface area (Å²) in [5.41, 5.74) is 1.67. The average Bonchev–Trinajstić information content (AvgIpc) is 2.47. The Morgan fingerprint density at radius 3 is 2.82 bits per heavy atom. The Morgan fingerprint density at radius 2 is 2.09 bits per heavy atom. The molecule has 1 saturated heterocycles. The molecule has 5 nitrogen and oxygen atoms in total. The molecule has 0 spiro atoms. The minimum atomic E-state index is -0.0912. The van der Waals surface area contributed by atoms with Crippen LogP contribution in [0.3, 0.4) is 0 Å². The number of rotatable bonds is 5. The standard InChI is InChI=1S/C17H25N3O2/c1-13-5-4-10-20(12-13)17(22)8-9-18-15-6-3-7-16(11-15)19-14(2)21/h3,6-7,11,13,18H,4-5,8-10,12H2,1-2H3,(H,19,21). The number of hydrogen-bond acceptors (Lipinski definition) is 3. The van der Waals surface area contributed by atoms with E-state index in [1.165, 1.54) is 13.3 Å². The first-order chi connectivity index (χ1) is 10.5. The zero-order valence-electron chi connectivity index (χ0n) is 13.4. The monoisotopic (exact) mass is 303 g/mol. The first-order valence-corrected chi connectivity index (χ1v) is 7.94. The van der Waals surface area contributed by atoms with E-state index in [1.807, 2.05) is 29.2 Å². The normalized spacial score (nSPS) is 17.9. The van der Waals surface area contributed by atoms with Gasteiger partial charge < -0.3 is 15.5 Å². The fourth-order valence-electron chi connectivity index (χ4n) is 2.80. The van der Waals surface area contributed by atoms with Gasteiger partial charge in [0.1, 0.15) is 0 Å². The number of carbonyl (C=O) groups is 2. The SMILES string of the molecule is CC(=O)Nc1cccc(NCCC(=O)N2CCCC(C)C2)c1. The van der Waals surface area contributed by atoms with E-state index < -0.39 is 0 Å². The number of nitrogens with one attached hydrogen (secondary N) is 2. The summed E-state index contributed by atoms with van der Waals surface area (Å²) in [6, 6.07) is 7.52. The topological polar surface area (TPSA) is 61.4 Å². The maximum absolute atomic E-state index is 12.2. The van der Waals surface area contributed by atoms with Crippen LogP contribution in [0.4, 0.5) is 11.4 Å². The minimum absolute atomic E-state index is 0.0912. The van der Waals surface area contributed by atoms with Crippen LogP contribution in [0, 0.1) is 5.92 Å². The molecule has 0 saturated carbocycles. The van der Waals surface area contributed by atoms with E-state index >= 15 is 0 Å². The molecule has 2 rings (SSSR count).